The normalized spacial score (nSPS) is 12.2. The van der Waals surface area contributed by atoms with Gasteiger partial charge in [0.25, 0.3) is 0 Å². The summed E-state index contributed by atoms with van der Waals surface area (Å²) in [7, 11) is 0.873. The van der Waals surface area contributed by atoms with Gasteiger partial charge < -0.3 is 9.47 Å². The molecule has 0 aromatic carbocycles. The Morgan fingerprint density at radius 1 is 1.29 bits per heavy atom. The number of rotatable bonds is 3. The molecule has 0 aliphatic heterocycles. The highest BCUT2D eigenvalue weighted by atomic mass is 79.9. The van der Waals surface area contributed by atoms with Crippen LogP contribution in [0.4, 0.5) is 26.3 Å². The maximum absolute atomic E-state index is 12.6. The molecule has 0 radical (unpaired) electrons. The zero-order chi connectivity index (χ0) is 16.4. The zero-order valence-electron chi connectivity index (χ0n) is 10.1. The van der Waals surface area contributed by atoms with Crippen molar-refractivity contribution in [1.82, 2.24) is 4.98 Å². The van der Waals surface area contributed by atoms with Gasteiger partial charge in [0.1, 0.15) is 5.69 Å². The molecule has 11 heteroatoms. The lowest BCUT2D eigenvalue weighted by Gasteiger charge is -2.16. The van der Waals surface area contributed by atoms with E-state index in [9.17, 15) is 31.1 Å². The molecule has 0 saturated carbocycles. The molecule has 1 heterocycles. The van der Waals surface area contributed by atoms with Crippen LogP contribution in [0, 0.1) is 0 Å². The standard InChI is InChI=1S/C10H6BrF6NO3/c1-20-8(19)4-2-6(9(12,13)14)18-7(5(4)3-11)21-10(15,16)17/h2H,3H2,1H3. The molecule has 0 aliphatic rings. The molecular formula is C10H6BrF6NO3. The molecule has 1 aromatic rings. The van der Waals surface area contributed by atoms with Crippen molar-refractivity contribution < 1.29 is 40.6 Å². The highest BCUT2D eigenvalue weighted by molar-refractivity contribution is 9.08. The number of pyridine rings is 1. The molecule has 1 rings (SSSR count). The van der Waals surface area contributed by atoms with Gasteiger partial charge in [-0.25, -0.2) is 9.78 Å². The van der Waals surface area contributed by atoms with Gasteiger partial charge in [-0.15, -0.1) is 13.2 Å². The third-order valence-corrected chi connectivity index (χ3v) is 2.69. The van der Waals surface area contributed by atoms with E-state index >= 15 is 0 Å². The first kappa shape index (κ1) is 17.5. The smallest absolute Gasteiger partial charge is 0.465 e. The lowest BCUT2D eigenvalue weighted by Crippen LogP contribution is -2.22. The molecular weight excluding hydrogens is 376 g/mol. The van der Waals surface area contributed by atoms with Crippen molar-refractivity contribution in [2.45, 2.75) is 17.9 Å². The Kier molecular flexibility index (Phi) is 5.07. The van der Waals surface area contributed by atoms with Crippen molar-refractivity contribution in [3.05, 3.63) is 22.9 Å². The van der Waals surface area contributed by atoms with Crippen LogP contribution in [0.2, 0.25) is 0 Å². The van der Waals surface area contributed by atoms with Gasteiger partial charge in [-0.2, -0.15) is 13.2 Å². The average Bonchev–Trinajstić information content (AvgIpc) is 2.33. The molecule has 1 aromatic heterocycles. The zero-order valence-corrected chi connectivity index (χ0v) is 11.7. The fraction of sp³-hybridized carbons (Fsp3) is 0.400. The SMILES string of the molecule is COC(=O)c1cc(C(F)(F)F)nc(OC(F)(F)F)c1CBr. The van der Waals surface area contributed by atoms with Crippen LogP contribution >= 0.6 is 15.9 Å². The number of hydrogen-bond acceptors (Lipinski definition) is 4. The summed E-state index contributed by atoms with van der Waals surface area (Å²) in [4.78, 5) is 14.2. The summed E-state index contributed by atoms with van der Waals surface area (Å²) in [5.74, 6) is -2.61. The number of carbonyl (C=O) groups excluding carboxylic acids is 1. The number of nitrogens with zero attached hydrogens (tertiary/aromatic N) is 1. The Labute approximate surface area is 122 Å². The van der Waals surface area contributed by atoms with Crippen LogP contribution in [-0.2, 0) is 16.2 Å². The first-order valence-electron chi connectivity index (χ1n) is 5.00. The summed E-state index contributed by atoms with van der Waals surface area (Å²) >= 11 is 2.76. The average molecular weight is 382 g/mol. The molecule has 0 aliphatic carbocycles. The van der Waals surface area contributed by atoms with E-state index in [4.69, 9.17) is 0 Å². The van der Waals surface area contributed by atoms with Crippen molar-refractivity contribution >= 4 is 21.9 Å². The lowest BCUT2D eigenvalue weighted by atomic mass is 10.1. The van der Waals surface area contributed by atoms with Crippen molar-refractivity contribution in [2.24, 2.45) is 0 Å². The molecule has 0 bridgehead atoms. The minimum atomic E-state index is -5.26. The third kappa shape index (κ3) is 4.48. The van der Waals surface area contributed by atoms with Crippen LogP contribution in [0.5, 0.6) is 5.88 Å². The van der Waals surface area contributed by atoms with E-state index in [1.165, 1.54) is 0 Å². The third-order valence-electron chi connectivity index (χ3n) is 2.13. The molecule has 4 nitrogen and oxygen atoms in total. The van der Waals surface area contributed by atoms with E-state index in [2.05, 4.69) is 30.4 Å². The quantitative estimate of drug-likeness (QED) is 0.455. The molecule has 0 saturated heterocycles. The van der Waals surface area contributed by atoms with E-state index in [0.717, 1.165) is 7.11 Å². The van der Waals surface area contributed by atoms with Crippen molar-refractivity contribution in [3.63, 3.8) is 0 Å². The summed E-state index contributed by atoms with van der Waals surface area (Å²) in [6.45, 7) is 0. The number of ether oxygens (including phenoxy) is 2. The first-order chi connectivity index (χ1) is 9.49. The first-order valence-corrected chi connectivity index (χ1v) is 6.13. The van der Waals surface area contributed by atoms with Gasteiger partial charge in [-0.1, -0.05) is 15.9 Å². The van der Waals surface area contributed by atoms with Crippen LogP contribution in [-0.4, -0.2) is 24.4 Å². The topological polar surface area (TPSA) is 48.4 Å². The lowest BCUT2D eigenvalue weighted by molar-refractivity contribution is -0.276. The largest absolute Gasteiger partial charge is 0.574 e. The maximum Gasteiger partial charge on any atom is 0.574 e. The van der Waals surface area contributed by atoms with Gasteiger partial charge in [-0.05, 0) is 6.07 Å². The van der Waals surface area contributed by atoms with Gasteiger partial charge in [0.15, 0.2) is 0 Å². The summed E-state index contributed by atoms with van der Waals surface area (Å²) in [5, 5.41) is -0.395. The Morgan fingerprint density at radius 2 is 1.86 bits per heavy atom. The number of methoxy groups -OCH3 is 1. The molecule has 0 spiro atoms. The van der Waals surface area contributed by atoms with E-state index in [1.54, 1.807) is 0 Å². The van der Waals surface area contributed by atoms with Crippen LogP contribution in [0.25, 0.3) is 0 Å². The molecule has 0 atom stereocenters. The highest BCUT2D eigenvalue weighted by Crippen LogP contribution is 2.35. The van der Waals surface area contributed by atoms with E-state index < -0.39 is 46.5 Å². The second-order valence-corrected chi connectivity index (χ2v) is 4.07. The van der Waals surface area contributed by atoms with Crippen LogP contribution < -0.4 is 4.74 Å². The second-order valence-electron chi connectivity index (χ2n) is 3.51. The van der Waals surface area contributed by atoms with E-state index in [-0.39, 0.29) is 0 Å². The Morgan fingerprint density at radius 3 is 2.24 bits per heavy atom. The second kappa shape index (κ2) is 6.08. The summed E-state index contributed by atoms with van der Waals surface area (Å²) in [6.07, 6.45) is -10.3. The van der Waals surface area contributed by atoms with Gasteiger partial charge in [-0.3, -0.25) is 0 Å². The molecule has 0 unspecified atom stereocenters. The predicted octanol–water partition coefficient (Wildman–Crippen LogP) is 3.68. The van der Waals surface area contributed by atoms with E-state index in [1.807, 2.05) is 0 Å². The minimum absolute atomic E-state index is 0.297. The van der Waals surface area contributed by atoms with Gasteiger partial charge in [0, 0.05) is 10.9 Å². The predicted molar refractivity (Wildman–Crippen MR) is 59.9 cm³/mol. The maximum atomic E-state index is 12.6. The minimum Gasteiger partial charge on any atom is -0.465 e. The molecule has 21 heavy (non-hydrogen) atoms. The van der Waals surface area contributed by atoms with Gasteiger partial charge >= 0.3 is 18.5 Å². The number of alkyl halides is 7. The number of aromatic nitrogens is 1. The van der Waals surface area contributed by atoms with Crippen molar-refractivity contribution in [2.75, 3.05) is 7.11 Å². The number of hydrogen-bond donors (Lipinski definition) is 0. The fourth-order valence-corrected chi connectivity index (χ4v) is 1.85. The highest BCUT2D eigenvalue weighted by Gasteiger charge is 2.39. The van der Waals surface area contributed by atoms with Gasteiger partial charge in [0.05, 0.1) is 12.7 Å². The molecule has 0 amide bonds. The summed E-state index contributed by atoms with van der Waals surface area (Å²) < 4.78 is 82.2. The number of esters is 1. The van der Waals surface area contributed by atoms with Crippen molar-refractivity contribution in [1.29, 1.82) is 0 Å². The van der Waals surface area contributed by atoms with Crippen LogP contribution in [0.3, 0.4) is 0 Å². The molecule has 118 valence electrons. The molecule has 0 fully saturated rings. The van der Waals surface area contributed by atoms with Crippen LogP contribution in [0.1, 0.15) is 21.6 Å². The van der Waals surface area contributed by atoms with Crippen LogP contribution in [0.15, 0.2) is 6.07 Å². The Hall–Kier alpha value is -1.52. The number of halogens is 7. The van der Waals surface area contributed by atoms with Gasteiger partial charge in [0.2, 0.25) is 5.88 Å². The Balaban J connectivity index is 3.56. The van der Waals surface area contributed by atoms with E-state index in [0.29, 0.717) is 6.07 Å². The fourth-order valence-electron chi connectivity index (χ4n) is 1.31. The monoisotopic (exact) mass is 381 g/mol. The number of carbonyl (C=O) groups is 1. The Bertz CT molecular complexity index is 543. The summed E-state index contributed by atoms with van der Waals surface area (Å²) in [6, 6.07) is 0.297. The molecule has 0 N–H and O–H groups in total. The summed E-state index contributed by atoms with van der Waals surface area (Å²) in [5.41, 5.74) is -2.94. The van der Waals surface area contributed by atoms with Crippen molar-refractivity contribution in [3.8, 4) is 5.88 Å².